The van der Waals surface area contributed by atoms with Gasteiger partial charge in [-0.05, 0) is 43.4 Å². The zero-order chi connectivity index (χ0) is 84.3. The third kappa shape index (κ3) is 88.2. The number of unbranched alkanes of at least 4 members (excludes halogenated alkanes) is 61. The topological polar surface area (TPSA) is 237 Å². The Kier molecular flexibility index (Phi) is 84.2. The average molecular weight is 1680 g/mol. The van der Waals surface area contributed by atoms with Crippen LogP contribution in [0.15, 0.2) is 0 Å². The lowest BCUT2D eigenvalue weighted by molar-refractivity contribution is -0.161. The third-order valence-corrected chi connectivity index (χ3v) is 24.9. The van der Waals surface area contributed by atoms with Crippen LogP contribution in [0, 0.1) is 17.8 Å². The summed E-state index contributed by atoms with van der Waals surface area (Å²) >= 11 is 0. The smallest absolute Gasteiger partial charge is 0.462 e. The van der Waals surface area contributed by atoms with Crippen molar-refractivity contribution in [1.29, 1.82) is 0 Å². The molecule has 19 heteroatoms. The molecule has 0 aliphatic carbocycles. The molecule has 3 unspecified atom stereocenters. The van der Waals surface area contributed by atoms with Gasteiger partial charge in [0, 0.05) is 25.7 Å². The van der Waals surface area contributed by atoms with Crippen molar-refractivity contribution in [3.05, 3.63) is 0 Å². The molecular weight excluding hydrogens is 1490 g/mol. The van der Waals surface area contributed by atoms with Gasteiger partial charge in [0.15, 0.2) is 12.2 Å². The summed E-state index contributed by atoms with van der Waals surface area (Å²) in [7, 11) is -9.94. The number of aliphatic hydroxyl groups excluding tert-OH is 1. The molecule has 0 aromatic carbocycles. The zero-order valence-corrected chi connectivity index (χ0v) is 78.1. The Morgan fingerprint density at radius 1 is 0.252 bits per heavy atom. The van der Waals surface area contributed by atoms with Crippen LogP contribution in [0.4, 0.5) is 0 Å². The monoisotopic (exact) mass is 1680 g/mol. The van der Waals surface area contributed by atoms with E-state index in [1.165, 1.54) is 327 Å². The second-order valence-electron chi connectivity index (χ2n) is 35.7. The van der Waals surface area contributed by atoms with Crippen LogP contribution in [-0.4, -0.2) is 96.7 Å². The zero-order valence-electron chi connectivity index (χ0n) is 76.3. The lowest BCUT2D eigenvalue weighted by atomic mass is 9.99. The molecule has 684 valence electrons. The summed E-state index contributed by atoms with van der Waals surface area (Å²) in [6.07, 6.45) is 80.6. The number of rotatable bonds is 94. The molecule has 0 aromatic rings. The van der Waals surface area contributed by atoms with Crippen molar-refractivity contribution < 1.29 is 80.2 Å². The van der Waals surface area contributed by atoms with Gasteiger partial charge in [0.1, 0.15) is 19.3 Å². The number of esters is 4. The van der Waals surface area contributed by atoms with Crippen molar-refractivity contribution in [3.63, 3.8) is 0 Å². The van der Waals surface area contributed by atoms with E-state index < -0.39 is 97.5 Å². The quantitative estimate of drug-likeness (QED) is 0.0222. The second-order valence-corrected chi connectivity index (χ2v) is 38.6. The van der Waals surface area contributed by atoms with Crippen molar-refractivity contribution in [2.75, 3.05) is 39.6 Å². The van der Waals surface area contributed by atoms with Crippen LogP contribution in [-0.2, 0) is 65.4 Å². The maximum absolute atomic E-state index is 13.2. The molecule has 0 saturated heterocycles. The summed E-state index contributed by atoms with van der Waals surface area (Å²) in [4.78, 5) is 73.6. The van der Waals surface area contributed by atoms with Gasteiger partial charge in [-0.3, -0.25) is 37.3 Å². The highest BCUT2D eigenvalue weighted by Gasteiger charge is 2.31. The number of phosphoric acid groups is 2. The molecule has 0 spiro atoms. The second kappa shape index (κ2) is 85.6. The first-order valence-corrected chi connectivity index (χ1v) is 52.4. The van der Waals surface area contributed by atoms with Crippen LogP contribution in [0.3, 0.4) is 0 Å². The van der Waals surface area contributed by atoms with Gasteiger partial charge in [0.2, 0.25) is 0 Å². The highest BCUT2D eigenvalue weighted by molar-refractivity contribution is 7.47. The van der Waals surface area contributed by atoms with Gasteiger partial charge in [-0.15, -0.1) is 0 Å². The van der Waals surface area contributed by atoms with Crippen molar-refractivity contribution in [1.82, 2.24) is 0 Å². The SMILES string of the molecule is CCCCCCCCCCCCCCCC(=O)OC[C@H](COP(=O)(O)OC[C@H](O)COP(=O)(O)OC[C@@H](COC(=O)CCCCCCCCCCCCCCCCCCCCC(C)C)OC(=O)CCCCCCCCCCCCCCCCCCCCC(C)CC)OC(=O)CCCCCCCCCCCCCCCCCCC(C)C. The number of hydrogen-bond donors (Lipinski definition) is 3. The van der Waals surface area contributed by atoms with Gasteiger partial charge in [-0.25, -0.2) is 9.13 Å². The minimum atomic E-state index is -4.97. The predicted molar refractivity (Wildman–Crippen MR) is 478 cm³/mol. The molecule has 0 aromatic heterocycles. The van der Waals surface area contributed by atoms with E-state index >= 15 is 0 Å². The lowest BCUT2D eigenvalue weighted by Gasteiger charge is -2.21. The highest BCUT2D eigenvalue weighted by Crippen LogP contribution is 2.45. The first kappa shape index (κ1) is 113. The Morgan fingerprint density at radius 2 is 0.443 bits per heavy atom. The molecule has 3 N–H and O–H groups in total. The molecule has 0 aliphatic rings. The number of hydrogen-bond acceptors (Lipinski definition) is 15. The molecule has 0 heterocycles. The molecule has 0 rings (SSSR count). The fourth-order valence-electron chi connectivity index (χ4n) is 15.1. The number of carbonyl (C=O) groups excluding carboxylic acids is 4. The summed E-state index contributed by atoms with van der Waals surface area (Å²) in [6, 6.07) is 0. The normalized spacial score (nSPS) is 13.9. The van der Waals surface area contributed by atoms with Crippen LogP contribution in [0.25, 0.3) is 0 Å². The number of aliphatic hydroxyl groups is 1. The number of ether oxygens (including phenoxy) is 4. The van der Waals surface area contributed by atoms with Crippen LogP contribution in [0.2, 0.25) is 0 Å². The molecule has 0 fully saturated rings. The fourth-order valence-corrected chi connectivity index (χ4v) is 16.7. The van der Waals surface area contributed by atoms with Gasteiger partial charge < -0.3 is 33.8 Å². The van der Waals surface area contributed by atoms with Crippen molar-refractivity contribution in [2.45, 2.75) is 535 Å². The van der Waals surface area contributed by atoms with E-state index in [1.807, 2.05) is 0 Å². The summed E-state index contributed by atoms with van der Waals surface area (Å²) in [5.41, 5.74) is 0. The van der Waals surface area contributed by atoms with Gasteiger partial charge in [-0.2, -0.15) is 0 Å². The first-order chi connectivity index (χ1) is 55.8. The maximum atomic E-state index is 13.2. The molecule has 0 radical (unpaired) electrons. The molecule has 0 aliphatic heterocycles. The summed E-state index contributed by atoms with van der Waals surface area (Å²) in [5.74, 6) is 0.413. The van der Waals surface area contributed by atoms with Gasteiger partial charge >= 0.3 is 39.5 Å². The van der Waals surface area contributed by atoms with Crippen molar-refractivity contribution in [3.8, 4) is 0 Å². The van der Waals surface area contributed by atoms with Crippen LogP contribution >= 0.6 is 15.6 Å². The highest BCUT2D eigenvalue weighted by atomic mass is 31.2. The molecular formula is C96H188O17P2. The van der Waals surface area contributed by atoms with E-state index in [9.17, 15) is 43.2 Å². The minimum absolute atomic E-state index is 0.109. The van der Waals surface area contributed by atoms with Crippen molar-refractivity contribution >= 4 is 39.5 Å². The molecule has 6 atom stereocenters. The Labute approximate surface area is 708 Å². The Bertz CT molecular complexity index is 2200. The van der Waals surface area contributed by atoms with Gasteiger partial charge in [0.25, 0.3) is 0 Å². The largest absolute Gasteiger partial charge is 0.472 e. The Balaban J connectivity index is 5.26. The standard InChI is InChI=1S/C96H188O17P2/c1-8-10-11-12-13-14-15-32-42-49-56-63-70-77-93(98)106-83-91(112-96(101)80-73-66-59-52-45-38-31-25-24-27-34-40-47-54-61-68-75-88(5)6)85-110-114(102,103)108-81-90(97)82-109-115(104,105)111-86-92(84-107-94(99)78-71-64-57-50-43-36-29-22-18-16-20-26-33-39-46-53-60-67-74-87(3)4)113-95(100)79-72-65-58-51-44-37-30-23-19-17-21-28-35-41-48-55-62-69-76-89(7)9-2/h87-92,97H,8-86H2,1-7H3,(H,102,103)(H,104,105)/t89?,90-,91+,92+/m0/s1. The fraction of sp³-hybridized carbons (Fsp3) is 0.958. The van der Waals surface area contributed by atoms with E-state index in [0.717, 1.165) is 108 Å². The summed E-state index contributed by atoms with van der Waals surface area (Å²) in [6.45, 7) is 12.2. The van der Waals surface area contributed by atoms with E-state index in [1.54, 1.807) is 0 Å². The number of carbonyl (C=O) groups is 4. The Hall–Kier alpha value is -1.94. The predicted octanol–water partition coefficient (Wildman–Crippen LogP) is 30.0. The van der Waals surface area contributed by atoms with Gasteiger partial charge in [0.05, 0.1) is 26.4 Å². The van der Waals surface area contributed by atoms with Crippen LogP contribution in [0.1, 0.15) is 517 Å². The van der Waals surface area contributed by atoms with E-state index in [0.29, 0.717) is 25.7 Å². The summed E-state index contributed by atoms with van der Waals surface area (Å²) in [5, 5.41) is 10.7. The van der Waals surface area contributed by atoms with E-state index in [-0.39, 0.29) is 25.7 Å². The van der Waals surface area contributed by atoms with Crippen LogP contribution < -0.4 is 0 Å². The van der Waals surface area contributed by atoms with Crippen molar-refractivity contribution in [2.24, 2.45) is 17.8 Å². The van der Waals surface area contributed by atoms with E-state index in [2.05, 4.69) is 48.5 Å². The molecule has 0 bridgehead atoms. The van der Waals surface area contributed by atoms with Gasteiger partial charge in [-0.1, -0.05) is 466 Å². The number of phosphoric ester groups is 2. The maximum Gasteiger partial charge on any atom is 0.472 e. The Morgan fingerprint density at radius 3 is 0.661 bits per heavy atom. The average Bonchev–Trinajstić information content (AvgIpc) is 0.899. The molecule has 0 amide bonds. The summed E-state index contributed by atoms with van der Waals surface area (Å²) < 4.78 is 69.2. The first-order valence-electron chi connectivity index (χ1n) is 49.4. The van der Waals surface area contributed by atoms with E-state index in [4.69, 9.17) is 37.0 Å². The van der Waals surface area contributed by atoms with Crippen LogP contribution in [0.5, 0.6) is 0 Å². The third-order valence-electron chi connectivity index (χ3n) is 23.0. The molecule has 115 heavy (non-hydrogen) atoms. The lowest BCUT2D eigenvalue weighted by Crippen LogP contribution is -2.30. The minimum Gasteiger partial charge on any atom is -0.462 e. The molecule has 0 saturated carbocycles. The molecule has 17 nitrogen and oxygen atoms in total.